The fourth-order valence-corrected chi connectivity index (χ4v) is 2.41. The molecule has 2 aromatic rings. The monoisotopic (exact) mass is 269 g/mol. The summed E-state index contributed by atoms with van der Waals surface area (Å²) in [7, 11) is 1.62. The third-order valence-corrected chi connectivity index (χ3v) is 3.64. The summed E-state index contributed by atoms with van der Waals surface area (Å²) < 4.78 is 5.33. The number of aromatic nitrogens is 1. The first-order chi connectivity index (χ1) is 9.55. The minimum absolute atomic E-state index is 0.0969. The van der Waals surface area contributed by atoms with Crippen LogP contribution in [0.2, 0.25) is 0 Å². The van der Waals surface area contributed by atoms with Crippen molar-refractivity contribution in [2.24, 2.45) is 10.5 Å². The molecule has 1 aliphatic heterocycles. The van der Waals surface area contributed by atoms with Crippen LogP contribution in [0.25, 0.3) is 10.9 Å². The molecule has 0 saturated carbocycles. The lowest BCUT2D eigenvalue weighted by Gasteiger charge is -2.18. The Labute approximate surface area is 116 Å². The third kappa shape index (κ3) is 1.66. The van der Waals surface area contributed by atoms with E-state index in [2.05, 4.69) is 15.5 Å². The Balaban J connectivity index is 2.27. The van der Waals surface area contributed by atoms with Gasteiger partial charge in [-0.3, -0.25) is 9.78 Å². The first-order valence-corrected chi connectivity index (χ1v) is 6.36. The summed E-state index contributed by atoms with van der Waals surface area (Å²) in [5.74, 6) is 0.611. The fraction of sp³-hybridized carbons (Fsp3) is 0.267. The Bertz CT molecular complexity index is 735. The minimum atomic E-state index is -0.655. The van der Waals surface area contributed by atoms with E-state index in [0.29, 0.717) is 5.75 Å². The minimum Gasteiger partial charge on any atom is -0.494 e. The molecule has 0 radical (unpaired) electrons. The van der Waals surface area contributed by atoms with Gasteiger partial charge in [0.2, 0.25) is 0 Å². The average molecular weight is 269 g/mol. The Morgan fingerprint density at radius 2 is 2.05 bits per heavy atom. The topological polar surface area (TPSA) is 63.6 Å². The Morgan fingerprint density at radius 1 is 1.25 bits per heavy atom. The summed E-state index contributed by atoms with van der Waals surface area (Å²) in [5.41, 5.74) is 4.29. The molecule has 1 amide bonds. The normalized spacial score (nSPS) is 16.9. The second kappa shape index (κ2) is 4.30. The lowest BCUT2D eigenvalue weighted by molar-refractivity contribution is -0.125. The highest BCUT2D eigenvalue weighted by Gasteiger charge is 2.39. The van der Waals surface area contributed by atoms with E-state index < -0.39 is 5.41 Å². The molecule has 0 spiro atoms. The molecular formula is C15H15N3O2. The van der Waals surface area contributed by atoms with Crippen LogP contribution in [-0.2, 0) is 4.79 Å². The van der Waals surface area contributed by atoms with Gasteiger partial charge in [-0.05, 0) is 32.0 Å². The molecule has 1 aliphatic rings. The maximum absolute atomic E-state index is 11.9. The second-order valence-corrected chi connectivity index (χ2v) is 5.24. The van der Waals surface area contributed by atoms with Gasteiger partial charge in [-0.2, -0.15) is 5.10 Å². The quantitative estimate of drug-likeness (QED) is 0.908. The van der Waals surface area contributed by atoms with Crippen LogP contribution >= 0.6 is 0 Å². The average Bonchev–Trinajstić information content (AvgIpc) is 2.72. The zero-order valence-corrected chi connectivity index (χ0v) is 11.6. The molecule has 1 aromatic carbocycles. The van der Waals surface area contributed by atoms with E-state index in [1.54, 1.807) is 13.3 Å². The number of carbonyl (C=O) groups is 1. The first-order valence-electron chi connectivity index (χ1n) is 6.36. The number of rotatable bonds is 2. The highest BCUT2D eigenvalue weighted by molar-refractivity contribution is 6.23. The number of fused-ring (bicyclic) bond motifs is 1. The van der Waals surface area contributed by atoms with Crippen LogP contribution in [0.1, 0.15) is 19.4 Å². The second-order valence-electron chi connectivity index (χ2n) is 5.24. The smallest absolute Gasteiger partial charge is 0.251 e. The number of nitrogens with zero attached hydrogens (tertiary/aromatic N) is 2. The summed E-state index contributed by atoms with van der Waals surface area (Å²) in [6.45, 7) is 3.72. The lowest BCUT2D eigenvalue weighted by atomic mass is 9.82. The van der Waals surface area contributed by atoms with Gasteiger partial charge in [0.25, 0.3) is 5.91 Å². The van der Waals surface area contributed by atoms with Gasteiger partial charge in [0.15, 0.2) is 0 Å². The number of nitrogens with one attached hydrogen (secondary N) is 1. The molecule has 0 saturated heterocycles. The fourth-order valence-electron chi connectivity index (χ4n) is 2.41. The Morgan fingerprint density at radius 3 is 2.70 bits per heavy atom. The van der Waals surface area contributed by atoms with Crippen molar-refractivity contribution in [2.75, 3.05) is 7.11 Å². The molecule has 0 fully saturated rings. The molecule has 0 atom stereocenters. The molecule has 0 unspecified atom stereocenters. The summed E-state index contributed by atoms with van der Waals surface area (Å²) in [5, 5.41) is 5.12. The van der Waals surface area contributed by atoms with Crippen molar-refractivity contribution in [3.63, 3.8) is 0 Å². The van der Waals surface area contributed by atoms with Gasteiger partial charge in [-0.15, -0.1) is 0 Å². The van der Waals surface area contributed by atoms with Crippen LogP contribution in [-0.4, -0.2) is 23.7 Å². The molecule has 5 nitrogen and oxygen atoms in total. The van der Waals surface area contributed by atoms with Crippen molar-refractivity contribution < 1.29 is 9.53 Å². The number of hydrogen-bond donors (Lipinski definition) is 1. The van der Waals surface area contributed by atoms with Crippen molar-refractivity contribution in [1.29, 1.82) is 0 Å². The lowest BCUT2D eigenvalue weighted by Crippen LogP contribution is -2.32. The number of hydrogen-bond acceptors (Lipinski definition) is 4. The van der Waals surface area contributed by atoms with Crippen LogP contribution in [0, 0.1) is 5.41 Å². The van der Waals surface area contributed by atoms with E-state index in [1.165, 1.54) is 0 Å². The number of pyridine rings is 1. The van der Waals surface area contributed by atoms with E-state index in [0.717, 1.165) is 22.2 Å². The van der Waals surface area contributed by atoms with Gasteiger partial charge in [-0.1, -0.05) is 6.07 Å². The van der Waals surface area contributed by atoms with Gasteiger partial charge < -0.3 is 4.74 Å². The van der Waals surface area contributed by atoms with Gasteiger partial charge >= 0.3 is 0 Å². The summed E-state index contributed by atoms with van der Waals surface area (Å²) in [6.07, 6.45) is 1.72. The van der Waals surface area contributed by atoms with Gasteiger partial charge in [0.1, 0.15) is 11.3 Å². The molecule has 5 heteroatoms. The summed E-state index contributed by atoms with van der Waals surface area (Å²) in [4.78, 5) is 16.2. The summed E-state index contributed by atoms with van der Waals surface area (Å²) >= 11 is 0. The van der Waals surface area contributed by atoms with Crippen LogP contribution < -0.4 is 10.2 Å². The van der Waals surface area contributed by atoms with Crippen molar-refractivity contribution in [3.05, 3.63) is 36.0 Å². The molecule has 0 aliphatic carbocycles. The Kier molecular flexibility index (Phi) is 2.71. The molecule has 2 heterocycles. The van der Waals surface area contributed by atoms with E-state index in [-0.39, 0.29) is 5.91 Å². The van der Waals surface area contributed by atoms with Gasteiger partial charge in [-0.25, -0.2) is 5.43 Å². The van der Waals surface area contributed by atoms with Gasteiger partial charge in [0, 0.05) is 17.1 Å². The largest absolute Gasteiger partial charge is 0.494 e. The number of hydrazone groups is 1. The molecule has 20 heavy (non-hydrogen) atoms. The van der Waals surface area contributed by atoms with Crippen molar-refractivity contribution in [2.45, 2.75) is 13.8 Å². The molecule has 102 valence electrons. The van der Waals surface area contributed by atoms with E-state index in [4.69, 9.17) is 4.74 Å². The predicted molar refractivity (Wildman–Crippen MR) is 76.8 cm³/mol. The number of ether oxygens (including phenoxy) is 1. The molecular weight excluding hydrogens is 254 g/mol. The first kappa shape index (κ1) is 12.6. The number of benzene rings is 1. The highest BCUT2D eigenvalue weighted by Crippen LogP contribution is 2.33. The summed E-state index contributed by atoms with van der Waals surface area (Å²) in [6, 6.07) is 7.60. The van der Waals surface area contributed by atoms with Crippen molar-refractivity contribution in [3.8, 4) is 5.75 Å². The highest BCUT2D eigenvalue weighted by atomic mass is 16.5. The van der Waals surface area contributed by atoms with E-state index in [9.17, 15) is 4.79 Å². The number of amides is 1. The third-order valence-electron chi connectivity index (χ3n) is 3.64. The zero-order valence-electron chi connectivity index (χ0n) is 11.6. The van der Waals surface area contributed by atoms with Gasteiger partial charge in [0.05, 0.1) is 18.2 Å². The maximum Gasteiger partial charge on any atom is 0.251 e. The molecule has 1 aromatic heterocycles. The van der Waals surface area contributed by atoms with E-state index in [1.807, 2.05) is 38.1 Å². The van der Waals surface area contributed by atoms with Crippen molar-refractivity contribution >= 4 is 22.5 Å². The van der Waals surface area contributed by atoms with Crippen LogP contribution in [0.15, 0.2) is 35.6 Å². The molecule has 3 rings (SSSR count). The van der Waals surface area contributed by atoms with Crippen LogP contribution in [0.3, 0.4) is 0 Å². The van der Waals surface area contributed by atoms with Crippen LogP contribution in [0.5, 0.6) is 5.75 Å². The van der Waals surface area contributed by atoms with Crippen molar-refractivity contribution in [1.82, 2.24) is 10.4 Å². The zero-order chi connectivity index (χ0) is 14.3. The van der Waals surface area contributed by atoms with Crippen LogP contribution in [0.4, 0.5) is 0 Å². The standard InChI is InChI=1S/C15H15N3O2/c1-15(2)13(17-18-14(15)19)10-6-7-11(20-3)12-9(10)5-4-8-16-12/h4-8H,1-3H3,(H,18,19). The number of methoxy groups -OCH3 is 1. The number of carbonyl (C=O) groups excluding carboxylic acids is 1. The van der Waals surface area contributed by atoms with E-state index >= 15 is 0 Å². The maximum atomic E-state index is 11.9. The SMILES string of the molecule is COc1ccc(C2=NNC(=O)C2(C)C)c2cccnc12. The molecule has 0 bridgehead atoms. The predicted octanol–water partition coefficient (Wildman–Crippen LogP) is 2.10. The molecule has 1 N–H and O–H groups in total. The Hall–Kier alpha value is -2.43.